The van der Waals surface area contributed by atoms with Crippen molar-refractivity contribution in [2.24, 2.45) is 11.8 Å². The third kappa shape index (κ3) is 16.3. The van der Waals surface area contributed by atoms with Gasteiger partial charge in [-0.2, -0.15) is 16.8 Å². The number of benzene rings is 2. The molecule has 8 unspecified atom stereocenters. The highest BCUT2D eigenvalue weighted by molar-refractivity contribution is 7.81. The molecule has 2 saturated heterocycles. The maximum absolute atomic E-state index is 15.4. The molecule has 3 aliphatic rings. The van der Waals surface area contributed by atoms with Crippen LogP contribution in [0.1, 0.15) is 78.4 Å². The summed E-state index contributed by atoms with van der Waals surface area (Å²) in [6.45, 7) is 8.30. The lowest BCUT2D eigenvalue weighted by molar-refractivity contribution is -0.165. The molecule has 0 aliphatic carbocycles. The Labute approximate surface area is 443 Å². The average Bonchev–Trinajstić information content (AvgIpc) is 3.34. The van der Waals surface area contributed by atoms with Gasteiger partial charge in [0.15, 0.2) is 11.5 Å². The van der Waals surface area contributed by atoms with E-state index in [1.165, 1.54) is 47.6 Å². The van der Waals surface area contributed by atoms with Gasteiger partial charge in [-0.05, 0) is 62.6 Å². The second-order valence-electron chi connectivity index (χ2n) is 19.0. The van der Waals surface area contributed by atoms with Crippen LogP contribution in [0.25, 0.3) is 0 Å². The standard InChI is InChI=1S/C47H63N9O19S2/c1-8-28-40(59)51-30-16-17-36(57)56(44(30)63)33(19-26-13-10-9-11-14-26)45(64)55(7)32-20-27-21-34(74-76(67,68)69)35(75-77(70,71)72)22-31(27)52-47(66)48-18-12-15-29(50-39(58)24(4)5)41(60)54-38(43(62)49-28)25(6)73-46(65)37(23(2)3)53-42(32)61/h8-11,13-14,21-25,29-30,32-33,36-38,57H,12,15-20H2,1-7H3,(H,49,62)(H,50,58)(H,51,59)(H,53,61)(H,54,60)(H2,48,52,66)(H,67,68,69)(H,70,71,72)/b28-8-. The van der Waals surface area contributed by atoms with Crippen molar-refractivity contribution in [1.82, 2.24) is 41.7 Å². The van der Waals surface area contributed by atoms with E-state index in [0.717, 1.165) is 16.8 Å². The number of amides is 9. The number of allylic oxidation sites excluding steroid dienone is 1. The fourth-order valence-electron chi connectivity index (χ4n) is 8.50. The summed E-state index contributed by atoms with van der Waals surface area (Å²) >= 11 is 0. The quantitative estimate of drug-likeness (QED) is 0.0826. The number of carbonyl (C=O) groups excluding carboxylic acids is 9. The number of urea groups is 1. The molecule has 5 rings (SSSR count). The van der Waals surface area contributed by atoms with Gasteiger partial charge in [0, 0.05) is 44.1 Å². The van der Waals surface area contributed by atoms with Gasteiger partial charge >= 0.3 is 32.8 Å². The summed E-state index contributed by atoms with van der Waals surface area (Å²) < 4.78 is 82.8. The summed E-state index contributed by atoms with van der Waals surface area (Å²) in [4.78, 5) is 131. The summed E-state index contributed by atoms with van der Waals surface area (Å²) in [6, 6.07) is -1.83. The van der Waals surface area contributed by atoms with Crippen molar-refractivity contribution in [3.05, 3.63) is 65.4 Å². The number of hydrogen-bond acceptors (Lipinski definition) is 17. The molecule has 3 heterocycles. The van der Waals surface area contributed by atoms with Crippen LogP contribution in [0.5, 0.6) is 11.5 Å². The number of likely N-dealkylation sites (N-methyl/N-ethyl adjacent to an activating group) is 1. The molecule has 0 saturated carbocycles. The van der Waals surface area contributed by atoms with Gasteiger partial charge in [-0.1, -0.05) is 64.1 Å². The number of anilines is 1. The Bertz CT molecular complexity index is 2870. The molecule has 8 atom stereocenters. The first-order valence-corrected chi connectivity index (χ1v) is 27.0. The van der Waals surface area contributed by atoms with E-state index in [-0.39, 0.29) is 38.6 Å². The zero-order valence-corrected chi connectivity index (χ0v) is 44.6. The molecule has 2 fully saturated rings. The predicted octanol–water partition coefficient (Wildman–Crippen LogP) is -0.897. The van der Waals surface area contributed by atoms with Crippen LogP contribution in [0.15, 0.2) is 54.2 Å². The van der Waals surface area contributed by atoms with Crippen LogP contribution in [0.4, 0.5) is 10.5 Å². The zero-order chi connectivity index (χ0) is 57.3. The molecule has 422 valence electrons. The minimum Gasteiger partial charge on any atom is -0.458 e. The van der Waals surface area contributed by atoms with E-state index in [9.17, 15) is 64.6 Å². The van der Waals surface area contributed by atoms with E-state index >= 15 is 9.59 Å². The number of nitrogens with zero attached hydrogens (tertiary/aromatic N) is 2. The van der Waals surface area contributed by atoms with Crippen LogP contribution in [-0.2, 0) is 76.7 Å². The first kappa shape index (κ1) is 60.5. The number of carbonyl (C=O) groups is 9. The van der Waals surface area contributed by atoms with Crippen molar-refractivity contribution in [2.75, 3.05) is 18.9 Å². The van der Waals surface area contributed by atoms with Crippen molar-refractivity contribution in [3.8, 4) is 11.5 Å². The first-order chi connectivity index (χ1) is 36.0. The van der Waals surface area contributed by atoms with Gasteiger partial charge in [0.2, 0.25) is 29.5 Å². The molecule has 9 amide bonds. The minimum atomic E-state index is -5.57. The van der Waals surface area contributed by atoms with E-state index in [0.29, 0.717) is 17.7 Å². The lowest BCUT2D eigenvalue weighted by Gasteiger charge is -2.43. The number of ether oxygens (including phenoxy) is 1. The molecule has 0 spiro atoms. The first-order valence-electron chi connectivity index (χ1n) is 24.2. The highest BCUT2D eigenvalue weighted by Crippen LogP contribution is 2.37. The molecule has 30 heteroatoms. The number of piperidine rings is 1. The number of nitrogens with one attached hydrogen (secondary N) is 7. The second-order valence-corrected chi connectivity index (χ2v) is 21.0. The van der Waals surface area contributed by atoms with E-state index in [2.05, 4.69) is 45.6 Å². The molecular weight excluding hydrogens is 1060 g/mol. The van der Waals surface area contributed by atoms with Crippen molar-refractivity contribution < 1.29 is 87.3 Å². The predicted molar refractivity (Wildman–Crippen MR) is 268 cm³/mol. The average molecular weight is 1120 g/mol. The Morgan fingerprint density at radius 2 is 1.48 bits per heavy atom. The van der Waals surface area contributed by atoms with Crippen LogP contribution in [0.3, 0.4) is 0 Å². The molecule has 2 aromatic carbocycles. The van der Waals surface area contributed by atoms with Crippen LogP contribution in [0, 0.1) is 11.8 Å². The fraction of sp³-hybridized carbons (Fsp3) is 0.511. The van der Waals surface area contributed by atoms with Crippen LogP contribution < -0.4 is 45.6 Å². The van der Waals surface area contributed by atoms with E-state index in [1.807, 2.05) is 0 Å². The van der Waals surface area contributed by atoms with Gasteiger partial charge < -0.3 is 65.2 Å². The van der Waals surface area contributed by atoms with Gasteiger partial charge in [-0.3, -0.25) is 42.7 Å². The SMILES string of the molecule is C/C=C1\NC(=O)C2NC(=O)C(NC(=O)C(C)C)CCCNC(=O)Nc3cc(OS(=O)(=O)O)c(OS(=O)(=O)O)cc3CC(C(=O)NC(C(C)C)C(=O)OC2C)N(C)C(=O)C(Cc2ccccc2)N2C(=O)C(CCC2O)NC1=O. The Hall–Kier alpha value is -7.41. The summed E-state index contributed by atoms with van der Waals surface area (Å²) in [5.74, 6) is -12.1. The second kappa shape index (κ2) is 25.6. The lowest BCUT2D eigenvalue weighted by atomic mass is 9.95. The van der Waals surface area contributed by atoms with Gasteiger partial charge in [-0.15, -0.1) is 0 Å². The Balaban J connectivity index is 1.83. The van der Waals surface area contributed by atoms with Gasteiger partial charge in [0.05, 0.1) is 0 Å². The molecule has 10 N–H and O–H groups in total. The molecule has 3 aliphatic heterocycles. The van der Waals surface area contributed by atoms with Crippen LogP contribution in [0.2, 0.25) is 0 Å². The molecule has 28 nitrogen and oxygen atoms in total. The van der Waals surface area contributed by atoms with Gasteiger partial charge in [-0.25, -0.2) is 9.59 Å². The van der Waals surface area contributed by atoms with E-state index in [4.69, 9.17) is 4.74 Å². The third-order valence-corrected chi connectivity index (χ3v) is 13.4. The Morgan fingerprint density at radius 3 is 2.08 bits per heavy atom. The molecule has 2 aromatic rings. The number of rotatable bonds is 9. The van der Waals surface area contributed by atoms with Crippen molar-refractivity contribution >= 4 is 79.8 Å². The van der Waals surface area contributed by atoms with E-state index in [1.54, 1.807) is 30.3 Å². The normalized spacial score (nSPS) is 25.6. The van der Waals surface area contributed by atoms with Crippen molar-refractivity contribution in [1.29, 1.82) is 0 Å². The van der Waals surface area contributed by atoms with Crippen LogP contribution in [-0.4, -0.2) is 156 Å². The zero-order valence-electron chi connectivity index (χ0n) is 42.9. The molecular formula is C47H63N9O19S2. The topological polar surface area (TPSA) is 401 Å². The number of fused-ring (bicyclic) bond motifs is 10. The molecule has 0 radical (unpaired) electrons. The summed E-state index contributed by atoms with van der Waals surface area (Å²) in [5, 5.41) is 29.0. The summed E-state index contributed by atoms with van der Waals surface area (Å²) in [5.41, 5.74) is -0.948. The van der Waals surface area contributed by atoms with Crippen LogP contribution >= 0.6 is 0 Å². The smallest absolute Gasteiger partial charge is 0.446 e. The van der Waals surface area contributed by atoms with Crippen molar-refractivity contribution in [2.45, 2.75) is 129 Å². The maximum atomic E-state index is 15.4. The van der Waals surface area contributed by atoms with Crippen molar-refractivity contribution in [3.63, 3.8) is 0 Å². The Morgan fingerprint density at radius 1 is 0.844 bits per heavy atom. The van der Waals surface area contributed by atoms with E-state index < -0.39 is 169 Å². The molecule has 0 aromatic heterocycles. The molecule has 77 heavy (non-hydrogen) atoms. The minimum absolute atomic E-state index is 0.0970. The van der Waals surface area contributed by atoms with Gasteiger partial charge in [0.25, 0.3) is 11.8 Å². The number of esters is 1. The monoisotopic (exact) mass is 1120 g/mol. The summed E-state index contributed by atoms with van der Waals surface area (Å²) in [7, 11) is -10.0. The highest BCUT2D eigenvalue weighted by Gasteiger charge is 2.46. The third-order valence-electron chi connectivity index (χ3n) is 12.6. The maximum Gasteiger partial charge on any atom is 0.446 e. The number of hydrogen-bond donors (Lipinski definition) is 10. The largest absolute Gasteiger partial charge is 0.458 e. The summed E-state index contributed by atoms with van der Waals surface area (Å²) in [6.07, 6.45) is -4.13. The highest BCUT2D eigenvalue weighted by atomic mass is 32.3. The lowest BCUT2D eigenvalue weighted by Crippen LogP contribution is -2.64. The molecule has 4 bridgehead atoms. The number of aliphatic hydroxyl groups excluding tert-OH is 1. The fourth-order valence-corrected chi connectivity index (χ4v) is 9.21. The Kier molecular flexibility index (Phi) is 20.1. The van der Waals surface area contributed by atoms with Gasteiger partial charge in [0.1, 0.15) is 54.3 Å². The number of aliphatic hydroxyl groups is 1.